The Balaban J connectivity index is 1.49. The molecule has 0 aliphatic carbocycles. The number of ether oxygens (including phenoxy) is 1. The number of fused-ring (bicyclic) bond motifs is 1. The normalized spacial score (nSPS) is 13.1. The molecule has 0 atom stereocenters. The van der Waals surface area contributed by atoms with Crippen molar-refractivity contribution in [2.24, 2.45) is 0 Å². The predicted octanol–water partition coefficient (Wildman–Crippen LogP) is 4.11. The number of halogens is 2. The van der Waals surface area contributed by atoms with Crippen LogP contribution in [0, 0.1) is 12.7 Å². The summed E-state index contributed by atoms with van der Waals surface area (Å²) in [5, 5.41) is 4.29. The van der Waals surface area contributed by atoms with E-state index in [1.807, 2.05) is 24.3 Å². The zero-order valence-corrected chi connectivity index (χ0v) is 17.0. The number of carbonyl (C=O) groups excluding carboxylic acids is 2. The summed E-state index contributed by atoms with van der Waals surface area (Å²) in [6.45, 7) is 1.80. The number of nitrogens with zero attached hydrogens (tertiary/aromatic N) is 3. The Morgan fingerprint density at radius 3 is 2.67 bits per heavy atom. The van der Waals surface area contributed by atoms with Gasteiger partial charge >= 0.3 is 5.97 Å². The lowest BCUT2D eigenvalue weighted by Gasteiger charge is -2.29. The minimum atomic E-state index is -0.732. The van der Waals surface area contributed by atoms with Gasteiger partial charge in [0.15, 0.2) is 6.61 Å². The maximum absolute atomic E-state index is 13.2. The molecule has 3 aromatic rings. The van der Waals surface area contributed by atoms with Crippen molar-refractivity contribution in [3.05, 3.63) is 76.3 Å². The van der Waals surface area contributed by atoms with Gasteiger partial charge in [0, 0.05) is 12.2 Å². The predicted molar refractivity (Wildman–Crippen MR) is 111 cm³/mol. The molecule has 1 aliphatic heterocycles. The average molecular weight is 428 g/mol. The first-order chi connectivity index (χ1) is 14.5. The minimum Gasteiger partial charge on any atom is -0.452 e. The molecule has 6 nitrogen and oxygen atoms in total. The highest BCUT2D eigenvalue weighted by Crippen LogP contribution is 2.27. The van der Waals surface area contributed by atoms with Crippen LogP contribution in [0.1, 0.15) is 28.0 Å². The number of benzene rings is 2. The van der Waals surface area contributed by atoms with Crippen molar-refractivity contribution in [3.63, 3.8) is 0 Å². The molecule has 1 aromatic heterocycles. The van der Waals surface area contributed by atoms with Crippen molar-refractivity contribution < 1.29 is 18.7 Å². The molecule has 2 heterocycles. The number of anilines is 1. The summed E-state index contributed by atoms with van der Waals surface area (Å²) in [6, 6.07) is 13.3. The number of amides is 1. The zero-order valence-electron chi connectivity index (χ0n) is 16.3. The van der Waals surface area contributed by atoms with Crippen molar-refractivity contribution in [2.45, 2.75) is 19.8 Å². The van der Waals surface area contributed by atoms with E-state index >= 15 is 0 Å². The summed E-state index contributed by atoms with van der Waals surface area (Å²) in [4.78, 5) is 27.0. The van der Waals surface area contributed by atoms with Gasteiger partial charge in [0.25, 0.3) is 5.91 Å². The van der Waals surface area contributed by atoms with E-state index in [1.165, 1.54) is 28.9 Å². The third kappa shape index (κ3) is 3.80. The molecule has 0 bridgehead atoms. The zero-order chi connectivity index (χ0) is 21.3. The third-order valence-electron chi connectivity index (χ3n) is 5.02. The Kier molecular flexibility index (Phi) is 5.55. The van der Waals surface area contributed by atoms with Crippen molar-refractivity contribution in [1.29, 1.82) is 0 Å². The van der Waals surface area contributed by atoms with Gasteiger partial charge in [0.05, 0.1) is 11.4 Å². The third-order valence-corrected chi connectivity index (χ3v) is 5.37. The molecular weight excluding hydrogens is 409 g/mol. The lowest BCUT2D eigenvalue weighted by atomic mass is 10.0. The second kappa shape index (κ2) is 8.28. The van der Waals surface area contributed by atoms with E-state index in [2.05, 4.69) is 5.10 Å². The lowest BCUT2D eigenvalue weighted by Crippen LogP contribution is -2.38. The number of para-hydroxylation sites is 1. The van der Waals surface area contributed by atoms with Crippen LogP contribution < -0.4 is 4.90 Å². The SMILES string of the molecule is Cc1nn(-c2ccc(F)cc2)c(Cl)c1C(=O)OCC(=O)N1CCCc2ccccc21. The average Bonchev–Trinajstić information content (AvgIpc) is 3.06. The first-order valence-corrected chi connectivity index (χ1v) is 9.90. The molecule has 2 aromatic carbocycles. The molecule has 0 radical (unpaired) electrons. The maximum Gasteiger partial charge on any atom is 0.343 e. The van der Waals surface area contributed by atoms with E-state index in [4.69, 9.17) is 16.3 Å². The number of aryl methyl sites for hydroxylation is 2. The van der Waals surface area contributed by atoms with Gasteiger partial charge in [-0.15, -0.1) is 0 Å². The van der Waals surface area contributed by atoms with Crippen molar-refractivity contribution in [2.75, 3.05) is 18.1 Å². The molecule has 1 aliphatic rings. The maximum atomic E-state index is 13.2. The van der Waals surface area contributed by atoms with Gasteiger partial charge in [0.2, 0.25) is 0 Å². The van der Waals surface area contributed by atoms with E-state index in [1.54, 1.807) is 11.8 Å². The van der Waals surface area contributed by atoms with Crippen LogP contribution in [0.2, 0.25) is 5.15 Å². The highest BCUT2D eigenvalue weighted by atomic mass is 35.5. The highest BCUT2D eigenvalue weighted by molar-refractivity contribution is 6.33. The van der Waals surface area contributed by atoms with Gasteiger partial charge in [-0.2, -0.15) is 5.10 Å². The number of carbonyl (C=O) groups is 2. The molecule has 0 N–H and O–H groups in total. The number of aromatic nitrogens is 2. The summed E-state index contributed by atoms with van der Waals surface area (Å²) in [6.07, 6.45) is 1.77. The topological polar surface area (TPSA) is 64.4 Å². The highest BCUT2D eigenvalue weighted by Gasteiger charge is 2.26. The van der Waals surface area contributed by atoms with Gasteiger partial charge in [0.1, 0.15) is 16.5 Å². The Morgan fingerprint density at radius 1 is 1.17 bits per heavy atom. The largest absolute Gasteiger partial charge is 0.452 e. The Bertz CT molecular complexity index is 1110. The minimum absolute atomic E-state index is 0.0416. The van der Waals surface area contributed by atoms with E-state index in [-0.39, 0.29) is 16.6 Å². The molecule has 8 heteroatoms. The van der Waals surface area contributed by atoms with E-state index in [0.29, 0.717) is 17.9 Å². The number of esters is 1. The van der Waals surface area contributed by atoms with Gasteiger partial charge in [-0.1, -0.05) is 29.8 Å². The monoisotopic (exact) mass is 427 g/mol. The fraction of sp³-hybridized carbons (Fsp3) is 0.227. The molecule has 0 saturated carbocycles. The van der Waals surface area contributed by atoms with Gasteiger partial charge in [-0.3, -0.25) is 4.79 Å². The number of hydrogen-bond acceptors (Lipinski definition) is 4. The second-order valence-electron chi connectivity index (χ2n) is 6.99. The fourth-order valence-electron chi connectivity index (χ4n) is 3.55. The smallest absolute Gasteiger partial charge is 0.343 e. The van der Waals surface area contributed by atoms with Crippen LogP contribution in [0.25, 0.3) is 5.69 Å². The summed E-state index contributed by atoms with van der Waals surface area (Å²) < 4.78 is 19.8. The molecular formula is C22H19ClFN3O3. The number of hydrogen-bond donors (Lipinski definition) is 0. The fourth-order valence-corrected chi connectivity index (χ4v) is 3.90. The second-order valence-corrected chi connectivity index (χ2v) is 7.35. The standard InChI is InChI=1S/C22H19ClFN3O3/c1-14-20(21(23)27(25-14)17-10-8-16(24)9-11-17)22(29)30-13-19(28)26-12-4-6-15-5-2-3-7-18(15)26/h2-3,5,7-11H,4,6,12-13H2,1H3. The van der Waals surface area contributed by atoms with Crippen LogP contribution in [0.5, 0.6) is 0 Å². The Hall–Kier alpha value is -3.19. The molecule has 4 rings (SSSR count). The summed E-state index contributed by atoms with van der Waals surface area (Å²) in [5.41, 5.74) is 2.88. The van der Waals surface area contributed by atoms with Crippen molar-refractivity contribution in [3.8, 4) is 5.69 Å². The summed E-state index contributed by atoms with van der Waals surface area (Å²) in [7, 11) is 0. The van der Waals surface area contributed by atoms with Crippen LogP contribution in [-0.2, 0) is 16.0 Å². The van der Waals surface area contributed by atoms with Crippen LogP contribution in [-0.4, -0.2) is 34.8 Å². The van der Waals surface area contributed by atoms with E-state index in [0.717, 1.165) is 24.1 Å². The number of rotatable bonds is 4. The molecule has 30 heavy (non-hydrogen) atoms. The molecule has 154 valence electrons. The summed E-state index contributed by atoms with van der Waals surface area (Å²) in [5.74, 6) is -1.42. The van der Waals surface area contributed by atoms with Gasteiger partial charge in [-0.25, -0.2) is 13.9 Å². The van der Waals surface area contributed by atoms with Crippen LogP contribution in [0.3, 0.4) is 0 Å². The Morgan fingerprint density at radius 2 is 1.90 bits per heavy atom. The van der Waals surface area contributed by atoms with Crippen molar-refractivity contribution in [1.82, 2.24) is 9.78 Å². The lowest BCUT2D eigenvalue weighted by molar-refractivity contribution is -0.121. The first-order valence-electron chi connectivity index (χ1n) is 9.52. The van der Waals surface area contributed by atoms with Crippen LogP contribution in [0.4, 0.5) is 10.1 Å². The molecule has 0 unspecified atom stereocenters. The van der Waals surface area contributed by atoms with Crippen molar-refractivity contribution >= 4 is 29.2 Å². The van der Waals surface area contributed by atoms with Crippen LogP contribution >= 0.6 is 11.6 Å². The Labute approximate surface area is 177 Å². The first kappa shape index (κ1) is 20.1. The molecule has 0 saturated heterocycles. The summed E-state index contributed by atoms with van der Waals surface area (Å²) >= 11 is 6.34. The molecule has 1 amide bonds. The molecule has 0 spiro atoms. The quantitative estimate of drug-likeness (QED) is 0.588. The van der Waals surface area contributed by atoms with Gasteiger partial charge in [-0.05, 0) is 55.7 Å². The molecule has 0 fully saturated rings. The van der Waals surface area contributed by atoms with Gasteiger partial charge < -0.3 is 9.64 Å². The van der Waals surface area contributed by atoms with E-state index in [9.17, 15) is 14.0 Å². The van der Waals surface area contributed by atoms with E-state index < -0.39 is 18.4 Å². The van der Waals surface area contributed by atoms with Crippen LogP contribution in [0.15, 0.2) is 48.5 Å².